The van der Waals surface area contributed by atoms with Crippen LogP contribution in [0.4, 0.5) is 13.2 Å². The Labute approximate surface area is 133 Å². The molecule has 3 rings (SSSR count). The highest BCUT2D eigenvalue weighted by Crippen LogP contribution is 2.34. The number of aromatic nitrogens is 1. The molecule has 3 aromatic rings. The summed E-state index contributed by atoms with van der Waals surface area (Å²) < 4.78 is 38.6. The smallest absolute Gasteiger partial charge is 0.416 e. The van der Waals surface area contributed by atoms with Crippen LogP contribution in [0.3, 0.4) is 0 Å². The van der Waals surface area contributed by atoms with Crippen molar-refractivity contribution in [1.29, 1.82) is 0 Å². The van der Waals surface area contributed by atoms with Crippen molar-refractivity contribution in [3.8, 4) is 10.6 Å². The molecule has 1 aromatic heterocycles. The van der Waals surface area contributed by atoms with Gasteiger partial charge in [-0.2, -0.15) is 13.2 Å². The molecule has 1 N–H and O–H groups in total. The molecule has 0 aliphatic carbocycles. The fraction of sp³-hybridized carbons (Fsp3) is 0.125. The standard InChI is InChI=1S/C16H10F3NO2S/c17-16(18,19)11-4-2-10(3-5-11)15-20-12-7-9(8-14(21)22)1-6-13(12)23-15/h1-7H,8H2,(H,21,22). The van der Waals surface area contributed by atoms with E-state index < -0.39 is 17.7 Å². The Balaban J connectivity index is 1.95. The molecular formula is C16H10F3NO2S. The third-order valence-electron chi connectivity index (χ3n) is 3.27. The van der Waals surface area contributed by atoms with Crippen LogP contribution in [-0.4, -0.2) is 16.1 Å². The van der Waals surface area contributed by atoms with Crippen molar-refractivity contribution in [2.75, 3.05) is 0 Å². The highest BCUT2D eigenvalue weighted by atomic mass is 32.1. The molecule has 3 nitrogen and oxygen atoms in total. The Morgan fingerprint density at radius 3 is 2.43 bits per heavy atom. The first kappa shape index (κ1) is 15.5. The molecule has 0 unspecified atom stereocenters. The lowest BCUT2D eigenvalue weighted by Crippen LogP contribution is -2.03. The Morgan fingerprint density at radius 1 is 1.13 bits per heavy atom. The number of alkyl halides is 3. The van der Waals surface area contributed by atoms with Gasteiger partial charge >= 0.3 is 12.1 Å². The highest BCUT2D eigenvalue weighted by molar-refractivity contribution is 7.21. The lowest BCUT2D eigenvalue weighted by Gasteiger charge is -2.06. The molecule has 1 heterocycles. The van der Waals surface area contributed by atoms with Gasteiger partial charge in [0.05, 0.1) is 22.2 Å². The summed E-state index contributed by atoms with van der Waals surface area (Å²) in [6.45, 7) is 0. The molecule has 0 aliphatic rings. The van der Waals surface area contributed by atoms with Crippen LogP contribution >= 0.6 is 11.3 Å². The fourth-order valence-corrected chi connectivity index (χ4v) is 3.13. The maximum atomic E-state index is 12.6. The Kier molecular flexibility index (Phi) is 3.81. The minimum atomic E-state index is -4.36. The summed E-state index contributed by atoms with van der Waals surface area (Å²) >= 11 is 1.35. The van der Waals surface area contributed by atoms with E-state index in [9.17, 15) is 18.0 Å². The molecule has 118 valence electrons. The summed E-state index contributed by atoms with van der Waals surface area (Å²) in [4.78, 5) is 15.1. The molecule has 0 saturated carbocycles. The summed E-state index contributed by atoms with van der Waals surface area (Å²) in [5.41, 5.74) is 1.17. The number of benzene rings is 2. The molecular weight excluding hydrogens is 327 g/mol. The Bertz CT molecular complexity index is 869. The van der Waals surface area contributed by atoms with Gasteiger partial charge in [-0.05, 0) is 29.8 Å². The number of carboxylic acids is 1. The minimum Gasteiger partial charge on any atom is -0.481 e. The van der Waals surface area contributed by atoms with Crippen LogP contribution in [0, 0.1) is 0 Å². The van der Waals surface area contributed by atoms with Crippen LogP contribution in [0.15, 0.2) is 42.5 Å². The zero-order valence-electron chi connectivity index (χ0n) is 11.6. The van der Waals surface area contributed by atoms with Crippen LogP contribution in [0.5, 0.6) is 0 Å². The maximum absolute atomic E-state index is 12.6. The third-order valence-corrected chi connectivity index (χ3v) is 4.35. The van der Waals surface area contributed by atoms with E-state index in [4.69, 9.17) is 5.11 Å². The second kappa shape index (κ2) is 5.66. The molecule has 0 saturated heterocycles. The van der Waals surface area contributed by atoms with Crippen LogP contribution in [0.25, 0.3) is 20.8 Å². The average molecular weight is 337 g/mol. The molecule has 0 fully saturated rings. The van der Waals surface area contributed by atoms with Crippen molar-refractivity contribution < 1.29 is 23.1 Å². The molecule has 0 bridgehead atoms. The summed E-state index contributed by atoms with van der Waals surface area (Å²) in [6, 6.07) is 10.0. The van der Waals surface area contributed by atoms with Gasteiger partial charge in [-0.1, -0.05) is 18.2 Å². The second-order valence-corrected chi connectivity index (χ2v) is 6.00. The van der Waals surface area contributed by atoms with E-state index in [0.29, 0.717) is 21.7 Å². The molecule has 0 spiro atoms. The quantitative estimate of drug-likeness (QED) is 0.759. The Morgan fingerprint density at radius 2 is 1.83 bits per heavy atom. The van der Waals surface area contributed by atoms with E-state index in [1.165, 1.54) is 23.5 Å². The summed E-state index contributed by atoms with van der Waals surface area (Å²) in [6.07, 6.45) is -4.46. The largest absolute Gasteiger partial charge is 0.481 e. The number of rotatable bonds is 3. The number of fused-ring (bicyclic) bond motifs is 1. The van der Waals surface area contributed by atoms with Crippen molar-refractivity contribution in [2.24, 2.45) is 0 Å². The molecule has 2 aromatic carbocycles. The molecule has 7 heteroatoms. The zero-order valence-corrected chi connectivity index (χ0v) is 12.4. The first-order chi connectivity index (χ1) is 10.8. The van der Waals surface area contributed by atoms with Gasteiger partial charge in [-0.25, -0.2) is 4.98 Å². The van der Waals surface area contributed by atoms with Gasteiger partial charge in [0.1, 0.15) is 5.01 Å². The molecule has 23 heavy (non-hydrogen) atoms. The van der Waals surface area contributed by atoms with Crippen molar-refractivity contribution >= 4 is 27.5 Å². The van der Waals surface area contributed by atoms with Gasteiger partial charge in [-0.3, -0.25) is 4.79 Å². The van der Waals surface area contributed by atoms with Crippen molar-refractivity contribution in [3.05, 3.63) is 53.6 Å². The summed E-state index contributed by atoms with van der Waals surface area (Å²) in [5, 5.41) is 9.40. The average Bonchev–Trinajstić information content (AvgIpc) is 2.89. The SMILES string of the molecule is O=C(O)Cc1ccc2sc(-c3ccc(C(F)(F)F)cc3)nc2c1. The number of carbonyl (C=O) groups is 1. The van der Waals surface area contributed by atoms with E-state index in [-0.39, 0.29) is 6.42 Å². The minimum absolute atomic E-state index is 0.0942. The predicted octanol–water partition coefficient (Wildman–Crippen LogP) is 4.61. The van der Waals surface area contributed by atoms with E-state index in [1.807, 2.05) is 0 Å². The molecule has 0 radical (unpaired) electrons. The number of aliphatic carboxylic acids is 1. The predicted molar refractivity (Wildman–Crippen MR) is 81.4 cm³/mol. The highest BCUT2D eigenvalue weighted by Gasteiger charge is 2.30. The van der Waals surface area contributed by atoms with Crippen LogP contribution in [0.2, 0.25) is 0 Å². The number of hydrogen-bond acceptors (Lipinski definition) is 3. The van der Waals surface area contributed by atoms with Gasteiger partial charge in [0, 0.05) is 5.56 Å². The maximum Gasteiger partial charge on any atom is 0.416 e. The van der Waals surface area contributed by atoms with Gasteiger partial charge in [0.2, 0.25) is 0 Å². The summed E-state index contributed by atoms with van der Waals surface area (Å²) in [7, 11) is 0. The van der Waals surface area contributed by atoms with Crippen LogP contribution < -0.4 is 0 Å². The normalized spacial score (nSPS) is 11.8. The van der Waals surface area contributed by atoms with E-state index >= 15 is 0 Å². The molecule has 0 aliphatic heterocycles. The number of nitrogens with zero attached hydrogens (tertiary/aromatic N) is 1. The van der Waals surface area contributed by atoms with E-state index in [2.05, 4.69) is 4.98 Å². The van der Waals surface area contributed by atoms with Crippen molar-refractivity contribution in [2.45, 2.75) is 12.6 Å². The fourth-order valence-electron chi connectivity index (χ4n) is 2.18. The molecule has 0 amide bonds. The first-order valence-corrected chi connectivity index (χ1v) is 7.43. The third kappa shape index (κ3) is 3.34. The number of halogens is 3. The topological polar surface area (TPSA) is 50.2 Å². The number of thiazole rings is 1. The number of hydrogen-bond donors (Lipinski definition) is 1. The Hall–Kier alpha value is -2.41. The second-order valence-electron chi connectivity index (χ2n) is 4.97. The van der Waals surface area contributed by atoms with E-state index in [1.54, 1.807) is 18.2 Å². The van der Waals surface area contributed by atoms with Crippen molar-refractivity contribution in [3.63, 3.8) is 0 Å². The van der Waals surface area contributed by atoms with Gasteiger partial charge in [0.15, 0.2) is 0 Å². The van der Waals surface area contributed by atoms with Gasteiger partial charge < -0.3 is 5.11 Å². The number of carboxylic acid groups (broad SMARTS) is 1. The van der Waals surface area contributed by atoms with Crippen LogP contribution in [-0.2, 0) is 17.4 Å². The first-order valence-electron chi connectivity index (χ1n) is 6.62. The lowest BCUT2D eigenvalue weighted by molar-refractivity contribution is -0.138. The summed E-state index contributed by atoms with van der Waals surface area (Å²) in [5.74, 6) is -0.928. The lowest BCUT2D eigenvalue weighted by atomic mass is 10.1. The van der Waals surface area contributed by atoms with Crippen LogP contribution in [0.1, 0.15) is 11.1 Å². The van der Waals surface area contributed by atoms with Gasteiger partial charge in [-0.15, -0.1) is 11.3 Å². The monoisotopic (exact) mass is 337 g/mol. The molecule has 0 atom stereocenters. The zero-order chi connectivity index (χ0) is 16.6. The van der Waals surface area contributed by atoms with Gasteiger partial charge in [0.25, 0.3) is 0 Å². The van der Waals surface area contributed by atoms with E-state index in [0.717, 1.165) is 16.8 Å². The van der Waals surface area contributed by atoms with Crippen molar-refractivity contribution in [1.82, 2.24) is 4.98 Å².